The quantitative estimate of drug-likeness (QED) is 0.177. The minimum atomic E-state index is -0.136. The highest BCUT2D eigenvalue weighted by Crippen LogP contribution is 2.53. The molecule has 1 aliphatic rings. The third kappa shape index (κ3) is 4.79. The second kappa shape index (κ2) is 11.3. The highest BCUT2D eigenvalue weighted by atomic mass is 14.9. The Kier molecular flexibility index (Phi) is 6.56. The summed E-state index contributed by atoms with van der Waals surface area (Å²) in [4.78, 5) is 10.5. The van der Waals surface area contributed by atoms with Crippen LogP contribution in [0.25, 0.3) is 88.5 Å². The number of hydrogen-bond donors (Lipinski definition) is 0. The molecule has 0 amide bonds. The Hall–Kier alpha value is -6.38. The Balaban J connectivity index is 1.15. The van der Waals surface area contributed by atoms with Crippen LogP contribution in [0, 0.1) is 0 Å². The van der Waals surface area contributed by atoms with Crippen molar-refractivity contribution >= 4 is 32.3 Å². The number of benzene rings is 8. The molecule has 0 radical (unpaired) electrons. The van der Waals surface area contributed by atoms with Crippen molar-refractivity contribution in [3.63, 3.8) is 0 Å². The second-order valence-electron chi connectivity index (χ2n) is 14.2. The van der Waals surface area contributed by atoms with Gasteiger partial charge in [-0.3, -0.25) is 0 Å². The Morgan fingerprint density at radius 1 is 0.373 bits per heavy atom. The van der Waals surface area contributed by atoms with Crippen LogP contribution in [0.3, 0.4) is 0 Å². The van der Waals surface area contributed by atoms with E-state index in [1.807, 2.05) is 6.07 Å². The molecule has 240 valence electrons. The number of aromatic nitrogens is 2. The van der Waals surface area contributed by atoms with Crippen LogP contribution in [0.2, 0.25) is 0 Å². The second-order valence-corrected chi connectivity index (χ2v) is 14.2. The third-order valence-corrected chi connectivity index (χ3v) is 10.8. The Bertz CT molecular complexity index is 2830. The summed E-state index contributed by atoms with van der Waals surface area (Å²) in [7, 11) is 0. The lowest BCUT2D eigenvalue weighted by atomic mass is 9.81. The van der Waals surface area contributed by atoms with E-state index in [9.17, 15) is 0 Å². The number of hydrogen-bond acceptors (Lipinski definition) is 2. The molecule has 9 aromatic rings. The van der Waals surface area contributed by atoms with Crippen LogP contribution >= 0.6 is 0 Å². The van der Waals surface area contributed by atoms with Crippen molar-refractivity contribution in [1.29, 1.82) is 0 Å². The maximum atomic E-state index is 5.29. The van der Waals surface area contributed by atoms with Gasteiger partial charge in [0, 0.05) is 22.1 Å². The van der Waals surface area contributed by atoms with Crippen LogP contribution in [-0.2, 0) is 5.41 Å². The van der Waals surface area contributed by atoms with Crippen LogP contribution in [0.5, 0.6) is 0 Å². The lowest BCUT2D eigenvalue weighted by molar-refractivity contribution is 0.661. The van der Waals surface area contributed by atoms with Crippen molar-refractivity contribution in [1.82, 2.24) is 9.97 Å². The molecule has 51 heavy (non-hydrogen) atoms. The van der Waals surface area contributed by atoms with Crippen molar-refractivity contribution < 1.29 is 0 Å². The molecule has 1 aromatic heterocycles. The zero-order valence-electron chi connectivity index (χ0n) is 28.6. The molecule has 0 bridgehead atoms. The monoisotopic (exact) mass is 650 g/mol. The van der Waals surface area contributed by atoms with Crippen molar-refractivity contribution in [2.75, 3.05) is 0 Å². The van der Waals surface area contributed by atoms with E-state index < -0.39 is 0 Å². The van der Waals surface area contributed by atoms with Gasteiger partial charge in [0.25, 0.3) is 0 Å². The van der Waals surface area contributed by atoms with Gasteiger partial charge in [0.2, 0.25) is 0 Å². The third-order valence-electron chi connectivity index (χ3n) is 10.8. The summed E-state index contributed by atoms with van der Waals surface area (Å²) in [5.74, 6) is 0.722. The molecule has 10 rings (SSSR count). The van der Waals surface area contributed by atoms with Gasteiger partial charge in [0.1, 0.15) is 0 Å². The molecule has 0 unspecified atom stereocenters. The molecule has 2 heteroatoms. The Labute approximate surface area is 297 Å². The summed E-state index contributed by atoms with van der Waals surface area (Å²) >= 11 is 0. The standard InChI is InChI=1S/C49H34N2/c1-49(2)43-21-11-20-41(47(43)42-28-34-15-6-7-16-35(34)29-44(42)49)46-30-45(50-48(51-46)32-13-4-3-5-14-32)38-18-10-17-33(27-38)36-24-25-40-37(26-36)23-22-31-12-8-9-19-39(31)40/h3-30H,1-2H3. The fourth-order valence-corrected chi connectivity index (χ4v) is 8.19. The molecular formula is C49H34N2. The zero-order valence-corrected chi connectivity index (χ0v) is 28.6. The van der Waals surface area contributed by atoms with Gasteiger partial charge in [-0.25, -0.2) is 9.97 Å². The Morgan fingerprint density at radius 3 is 1.88 bits per heavy atom. The number of nitrogens with zero attached hydrogens (tertiary/aromatic N) is 2. The van der Waals surface area contributed by atoms with Crippen molar-refractivity contribution in [2.45, 2.75) is 19.3 Å². The van der Waals surface area contributed by atoms with Gasteiger partial charge in [-0.15, -0.1) is 0 Å². The molecule has 0 fully saturated rings. The van der Waals surface area contributed by atoms with E-state index >= 15 is 0 Å². The molecule has 0 saturated carbocycles. The minimum Gasteiger partial charge on any atom is -0.228 e. The first-order valence-electron chi connectivity index (χ1n) is 17.7. The summed E-state index contributed by atoms with van der Waals surface area (Å²) in [6.07, 6.45) is 0. The fourth-order valence-electron chi connectivity index (χ4n) is 8.19. The van der Waals surface area contributed by atoms with Gasteiger partial charge in [-0.2, -0.15) is 0 Å². The van der Waals surface area contributed by atoms with E-state index in [1.54, 1.807) is 0 Å². The lowest BCUT2D eigenvalue weighted by Gasteiger charge is -2.22. The molecule has 0 N–H and O–H groups in total. The van der Waals surface area contributed by atoms with Gasteiger partial charge >= 0.3 is 0 Å². The summed E-state index contributed by atoms with van der Waals surface area (Å²) < 4.78 is 0. The number of fused-ring (bicyclic) bond motifs is 7. The van der Waals surface area contributed by atoms with E-state index in [0.717, 1.165) is 39.5 Å². The van der Waals surface area contributed by atoms with Gasteiger partial charge in [-0.05, 0) is 96.0 Å². The predicted octanol–water partition coefficient (Wildman–Crippen LogP) is 12.9. The summed E-state index contributed by atoms with van der Waals surface area (Å²) in [5, 5.41) is 7.58. The largest absolute Gasteiger partial charge is 0.228 e. The van der Waals surface area contributed by atoms with Crippen LogP contribution in [0.1, 0.15) is 25.0 Å². The molecular weight excluding hydrogens is 617 g/mol. The normalized spacial score (nSPS) is 13.1. The fraction of sp³-hybridized carbons (Fsp3) is 0.0612. The molecule has 0 aliphatic heterocycles. The van der Waals surface area contributed by atoms with E-state index in [-0.39, 0.29) is 5.41 Å². The predicted molar refractivity (Wildman–Crippen MR) is 214 cm³/mol. The summed E-state index contributed by atoms with van der Waals surface area (Å²) in [6, 6.07) is 61.3. The van der Waals surface area contributed by atoms with Crippen molar-refractivity contribution in [3.8, 4) is 56.2 Å². The summed E-state index contributed by atoms with van der Waals surface area (Å²) in [5.41, 5.74) is 12.5. The van der Waals surface area contributed by atoms with E-state index in [1.165, 1.54) is 60.1 Å². The molecule has 8 aromatic carbocycles. The first-order chi connectivity index (χ1) is 25.0. The summed E-state index contributed by atoms with van der Waals surface area (Å²) in [6.45, 7) is 4.69. The number of rotatable bonds is 4. The molecule has 0 spiro atoms. The lowest BCUT2D eigenvalue weighted by Crippen LogP contribution is -2.14. The smallest absolute Gasteiger partial charge is 0.160 e. The average molecular weight is 651 g/mol. The minimum absolute atomic E-state index is 0.136. The van der Waals surface area contributed by atoms with Gasteiger partial charge in [-0.1, -0.05) is 153 Å². The SMILES string of the molecule is CC1(C)c2cc3ccccc3cc2-c2c(-c3cc(-c4cccc(-c5ccc6c(ccc7ccccc76)c5)c4)nc(-c4ccccc4)n3)cccc21. The molecule has 1 aliphatic carbocycles. The Morgan fingerprint density at radius 2 is 1.02 bits per heavy atom. The van der Waals surface area contributed by atoms with Crippen molar-refractivity contribution in [3.05, 3.63) is 181 Å². The maximum absolute atomic E-state index is 5.29. The van der Waals surface area contributed by atoms with Gasteiger partial charge in [0.05, 0.1) is 11.4 Å². The van der Waals surface area contributed by atoms with E-state index in [2.05, 4.69) is 178 Å². The first-order valence-corrected chi connectivity index (χ1v) is 17.7. The van der Waals surface area contributed by atoms with Gasteiger partial charge in [0.15, 0.2) is 5.82 Å². The molecule has 0 atom stereocenters. The zero-order chi connectivity index (χ0) is 34.1. The highest BCUT2D eigenvalue weighted by Gasteiger charge is 2.37. The van der Waals surface area contributed by atoms with Crippen LogP contribution in [0.15, 0.2) is 170 Å². The average Bonchev–Trinajstić information content (AvgIpc) is 3.42. The highest BCUT2D eigenvalue weighted by molar-refractivity contribution is 6.08. The first kappa shape index (κ1) is 29.5. The molecule has 2 nitrogen and oxygen atoms in total. The van der Waals surface area contributed by atoms with Crippen LogP contribution in [0.4, 0.5) is 0 Å². The van der Waals surface area contributed by atoms with E-state index in [4.69, 9.17) is 9.97 Å². The topological polar surface area (TPSA) is 25.8 Å². The van der Waals surface area contributed by atoms with E-state index in [0.29, 0.717) is 0 Å². The van der Waals surface area contributed by atoms with Crippen molar-refractivity contribution in [2.24, 2.45) is 0 Å². The van der Waals surface area contributed by atoms with Crippen LogP contribution < -0.4 is 0 Å². The maximum Gasteiger partial charge on any atom is 0.160 e. The molecule has 1 heterocycles. The van der Waals surface area contributed by atoms with Gasteiger partial charge < -0.3 is 0 Å². The van der Waals surface area contributed by atoms with Crippen LogP contribution in [-0.4, -0.2) is 9.97 Å². The molecule has 0 saturated heterocycles.